The molecule has 0 saturated carbocycles. The summed E-state index contributed by atoms with van der Waals surface area (Å²) >= 11 is 0. The Morgan fingerprint density at radius 2 is 1.96 bits per heavy atom. The third kappa shape index (κ3) is 3.49. The van der Waals surface area contributed by atoms with Crippen molar-refractivity contribution in [3.63, 3.8) is 0 Å². The molecular weight excluding hydrogens is 345 g/mol. The highest BCUT2D eigenvalue weighted by atomic mass is 19.1. The molecule has 1 fully saturated rings. The van der Waals surface area contributed by atoms with Crippen LogP contribution >= 0.6 is 0 Å². The van der Waals surface area contributed by atoms with Crippen LogP contribution in [0.3, 0.4) is 0 Å². The molecule has 0 radical (unpaired) electrons. The Bertz CT molecular complexity index is 945. The molecule has 0 aliphatic carbocycles. The number of aromatic amines is 1. The molecule has 0 unspecified atom stereocenters. The average Bonchev–Trinajstić information content (AvgIpc) is 3.18. The van der Waals surface area contributed by atoms with Gasteiger partial charge < -0.3 is 20.1 Å². The Balaban J connectivity index is 1.81. The van der Waals surface area contributed by atoms with Crippen LogP contribution in [0.25, 0.3) is 22.3 Å². The summed E-state index contributed by atoms with van der Waals surface area (Å²) in [7, 11) is 2.13. The van der Waals surface area contributed by atoms with Gasteiger partial charge in [-0.2, -0.15) is 5.10 Å². The van der Waals surface area contributed by atoms with Crippen LogP contribution in [0.5, 0.6) is 0 Å². The van der Waals surface area contributed by atoms with Crippen molar-refractivity contribution >= 4 is 22.3 Å². The van der Waals surface area contributed by atoms with Gasteiger partial charge in [0.1, 0.15) is 11.4 Å². The van der Waals surface area contributed by atoms with Gasteiger partial charge in [0.2, 0.25) is 0 Å². The molecule has 27 heavy (non-hydrogen) atoms. The van der Waals surface area contributed by atoms with Crippen molar-refractivity contribution < 1.29 is 4.39 Å². The van der Waals surface area contributed by atoms with Crippen LogP contribution in [0.2, 0.25) is 0 Å². The van der Waals surface area contributed by atoms with Crippen molar-refractivity contribution in [3.8, 4) is 11.4 Å². The third-order valence-electron chi connectivity index (χ3n) is 5.06. The Morgan fingerprint density at radius 3 is 2.59 bits per heavy atom. The minimum Gasteiger partial charge on any atom is -0.396 e. The summed E-state index contributed by atoms with van der Waals surface area (Å²) in [6.45, 7) is 7.40. The maximum Gasteiger partial charge on any atom is 0.123 e. The number of piperazine rings is 1. The van der Waals surface area contributed by atoms with Crippen molar-refractivity contribution in [1.82, 2.24) is 24.6 Å². The van der Waals surface area contributed by atoms with E-state index >= 15 is 0 Å². The maximum atomic E-state index is 14.5. The van der Waals surface area contributed by atoms with E-state index in [2.05, 4.69) is 38.2 Å². The largest absolute Gasteiger partial charge is 0.396 e. The first kappa shape index (κ1) is 17.8. The van der Waals surface area contributed by atoms with E-state index in [0.29, 0.717) is 17.1 Å². The van der Waals surface area contributed by atoms with Gasteiger partial charge in [0.25, 0.3) is 0 Å². The zero-order valence-electron chi connectivity index (χ0n) is 16.0. The lowest BCUT2D eigenvalue weighted by Crippen LogP contribution is -2.44. The topological polar surface area (TPSA) is 79.0 Å². The van der Waals surface area contributed by atoms with Crippen LogP contribution < -0.4 is 10.6 Å². The summed E-state index contributed by atoms with van der Waals surface area (Å²) < 4.78 is 16.4. The minimum absolute atomic E-state index is 0.277. The number of nitrogens with zero attached hydrogens (tertiary/aromatic N) is 5. The monoisotopic (exact) mass is 371 g/mol. The normalized spacial score (nSPS) is 16.4. The first-order valence-electron chi connectivity index (χ1n) is 9.22. The number of hydrogen-bond donors (Lipinski definition) is 2. The molecule has 8 heteroatoms. The van der Waals surface area contributed by atoms with Gasteiger partial charge in [0.05, 0.1) is 35.3 Å². The molecule has 1 aliphatic heterocycles. The van der Waals surface area contributed by atoms with Gasteiger partial charge in [-0.05, 0) is 27.0 Å². The number of nitrogens with two attached hydrogens (primary N) is 1. The number of fused-ring (bicyclic) bond motifs is 1. The first-order valence-corrected chi connectivity index (χ1v) is 9.22. The number of rotatable bonds is 4. The Morgan fingerprint density at radius 1 is 1.22 bits per heavy atom. The highest BCUT2D eigenvalue weighted by Crippen LogP contribution is 2.33. The molecule has 1 aliphatic rings. The van der Waals surface area contributed by atoms with Crippen LogP contribution in [0, 0.1) is 0 Å². The smallest absolute Gasteiger partial charge is 0.123 e. The fourth-order valence-corrected chi connectivity index (χ4v) is 3.64. The van der Waals surface area contributed by atoms with Crippen LogP contribution in [-0.2, 0) is 6.54 Å². The number of halogens is 1. The standard InChI is InChI=1S/C19H26FN7/c1-19(2,20)12-27-11-17(26-6-4-25(3)5-7-26)13-9-22-15(8-16(13)27)18-14(21)10-23-24-18/h8-11H,4-7,12,21H2,1-3H3,(H,23,24). The second-order valence-electron chi connectivity index (χ2n) is 7.94. The van der Waals surface area contributed by atoms with E-state index in [9.17, 15) is 4.39 Å². The third-order valence-corrected chi connectivity index (χ3v) is 5.06. The minimum atomic E-state index is -1.32. The molecule has 0 bridgehead atoms. The van der Waals surface area contributed by atoms with Crippen LogP contribution in [-0.4, -0.2) is 63.5 Å². The van der Waals surface area contributed by atoms with Gasteiger partial charge >= 0.3 is 0 Å². The number of nitrogens with one attached hydrogen (secondary N) is 1. The van der Waals surface area contributed by atoms with Crippen LogP contribution in [0.1, 0.15) is 13.8 Å². The second-order valence-corrected chi connectivity index (χ2v) is 7.94. The van der Waals surface area contributed by atoms with Crippen molar-refractivity contribution in [2.24, 2.45) is 0 Å². The molecule has 1 saturated heterocycles. The zero-order chi connectivity index (χ0) is 19.2. The number of hydrogen-bond acceptors (Lipinski definition) is 5. The first-order chi connectivity index (χ1) is 12.8. The predicted molar refractivity (Wildman–Crippen MR) is 107 cm³/mol. The molecule has 0 amide bonds. The Labute approximate surface area is 158 Å². The van der Waals surface area contributed by atoms with Crippen molar-refractivity contribution in [1.29, 1.82) is 0 Å². The number of anilines is 2. The number of nitrogen functional groups attached to an aromatic ring is 1. The van der Waals surface area contributed by atoms with Gasteiger partial charge in [0.15, 0.2) is 0 Å². The number of H-pyrrole nitrogens is 1. The van der Waals surface area contributed by atoms with Gasteiger partial charge in [-0.25, -0.2) is 4.39 Å². The lowest BCUT2D eigenvalue weighted by molar-refractivity contribution is 0.188. The fraction of sp³-hybridized carbons (Fsp3) is 0.474. The lowest BCUT2D eigenvalue weighted by atomic mass is 10.1. The summed E-state index contributed by atoms with van der Waals surface area (Å²) in [4.78, 5) is 9.27. The number of alkyl halides is 1. The lowest BCUT2D eigenvalue weighted by Gasteiger charge is -2.33. The molecular formula is C19H26FN7. The van der Waals surface area contributed by atoms with Crippen LogP contribution in [0.15, 0.2) is 24.7 Å². The Hall–Kier alpha value is -2.61. The van der Waals surface area contributed by atoms with E-state index in [-0.39, 0.29) is 6.54 Å². The van der Waals surface area contributed by atoms with E-state index in [0.717, 1.165) is 42.8 Å². The van der Waals surface area contributed by atoms with Gasteiger partial charge in [-0.3, -0.25) is 10.1 Å². The Kier molecular flexibility index (Phi) is 4.30. The molecule has 3 aromatic heterocycles. The van der Waals surface area contributed by atoms with Gasteiger partial charge in [-0.1, -0.05) is 0 Å². The highest BCUT2D eigenvalue weighted by Gasteiger charge is 2.23. The van der Waals surface area contributed by atoms with Gasteiger partial charge in [0, 0.05) is 44.0 Å². The summed E-state index contributed by atoms with van der Waals surface area (Å²) in [5, 5.41) is 7.90. The molecule has 0 aromatic carbocycles. The molecule has 4 heterocycles. The molecule has 3 aromatic rings. The second kappa shape index (κ2) is 6.53. The maximum absolute atomic E-state index is 14.5. The summed E-state index contributed by atoms with van der Waals surface area (Å²) in [6.07, 6.45) is 5.49. The molecule has 0 atom stereocenters. The molecule has 0 spiro atoms. The SMILES string of the molecule is CN1CCN(c2cn(CC(C)(C)F)c3cc(-c4[nH]ncc4N)ncc23)CC1. The quantitative estimate of drug-likeness (QED) is 0.737. The van der Waals surface area contributed by atoms with E-state index in [1.165, 1.54) is 0 Å². The zero-order valence-corrected chi connectivity index (χ0v) is 16.0. The molecule has 144 valence electrons. The van der Waals surface area contributed by atoms with E-state index in [1.807, 2.05) is 16.8 Å². The number of aromatic nitrogens is 4. The summed E-state index contributed by atoms with van der Waals surface area (Å²) in [5.41, 5.74) is 8.66. The van der Waals surface area contributed by atoms with Crippen LogP contribution in [0.4, 0.5) is 15.8 Å². The van der Waals surface area contributed by atoms with E-state index < -0.39 is 5.67 Å². The summed E-state index contributed by atoms with van der Waals surface area (Å²) in [6, 6.07) is 1.96. The van der Waals surface area contributed by atoms with Crippen molar-refractivity contribution in [3.05, 3.63) is 24.7 Å². The number of likely N-dealkylation sites (N-methyl/N-ethyl adjacent to an activating group) is 1. The molecule has 4 rings (SSSR count). The average molecular weight is 371 g/mol. The van der Waals surface area contributed by atoms with E-state index in [4.69, 9.17) is 5.73 Å². The van der Waals surface area contributed by atoms with Gasteiger partial charge in [-0.15, -0.1) is 0 Å². The predicted octanol–water partition coefficient (Wildman–Crippen LogP) is 2.51. The molecule has 7 nitrogen and oxygen atoms in total. The summed E-state index contributed by atoms with van der Waals surface area (Å²) in [5.74, 6) is 0. The van der Waals surface area contributed by atoms with E-state index in [1.54, 1.807) is 20.0 Å². The van der Waals surface area contributed by atoms with Crippen molar-refractivity contribution in [2.45, 2.75) is 26.1 Å². The fourth-order valence-electron chi connectivity index (χ4n) is 3.64. The molecule has 3 N–H and O–H groups in total. The number of pyridine rings is 1. The highest BCUT2D eigenvalue weighted by molar-refractivity contribution is 5.95. The van der Waals surface area contributed by atoms with Crippen molar-refractivity contribution in [2.75, 3.05) is 43.9 Å².